The van der Waals surface area contributed by atoms with Gasteiger partial charge in [-0.2, -0.15) is 0 Å². The Morgan fingerprint density at radius 2 is 2.00 bits per heavy atom. The van der Waals surface area contributed by atoms with Crippen LogP contribution in [0.5, 0.6) is 5.88 Å². The van der Waals surface area contributed by atoms with Gasteiger partial charge in [0.1, 0.15) is 0 Å². The SMILES string of the molecule is Oc1[nH]cc2nc3ccccc3cc12. The van der Waals surface area contributed by atoms with Gasteiger partial charge in [-0.15, -0.1) is 0 Å². The maximum atomic E-state index is 9.48. The van der Waals surface area contributed by atoms with Crippen molar-refractivity contribution in [2.75, 3.05) is 0 Å². The van der Waals surface area contributed by atoms with Gasteiger partial charge < -0.3 is 10.1 Å². The number of nitrogens with one attached hydrogen (secondary N) is 1. The summed E-state index contributed by atoms with van der Waals surface area (Å²) in [6, 6.07) is 9.78. The highest BCUT2D eigenvalue weighted by Crippen LogP contribution is 2.25. The number of aromatic hydroxyl groups is 1. The molecule has 0 fully saturated rings. The summed E-state index contributed by atoms with van der Waals surface area (Å²) in [5.74, 6) is 0.179. The molecule has 1 aromatic carbocycles. The molecule has 0 amide bonds. The average Bonchev–Trinajstić information content (AvgIpc) is 2.57. The predicted molar refractivity (Wildman–Crippen MR) is 55.3 cm³/mol. The molecular formula is C11H8N2O. The fourth-order valence-electron chi connectivity index (χ4n) is 1.65. The normalized spacial score (nSPS) is 11.1. The van der Waals surface area contributed by atoms with E-state index in [1.54, 1.807) is 6.20 Å². The number of aromatic amines is 1. The van der Waals surface area contributed by atoms with E-state index in [0.29, 0.717) is 0 Å². The maximum Gasteiger partial charge on any atom is 0.198 e. The first kappa shape index (κ1) is 7.38. The second kappa shape index (κ2) is 2.48. The Bertz CT molecular complexity index is 613. The minimum Gasteiger partial charge on any atom is -0.494 e. The van der Waals surface area contributed by atoms with Crippen LogP contribution in [0, 0.1) is 0 Å². The quantitative estimate of drug-likeness (QED) is 0.563. The Hall–Kier alpha value is -2.03. The van der Waals surface area contributed by atoms with Crippen LogP contribution < -0.4 is 0 Å². The number of nitrogens with zero attached hydrogens (tertiary/aromatic N) is 1. The van der Waals surface area contributed by atoms with E-state index in [9.17, 15) is 5.11 Å². The second-order valence-corrected chi connectivity index (χ2v) is 3.25. The van der Waals surface area contributed by atoms with Crippen LogP contribution in [-0.2, 0) is 0 Å². The average molecular weight is 184 g/mol. The fourth-order valence-corrected chi connectivity index (χ4v) is 1.65. The number of rotatable bonds is 0. The zero-order valence-corrected chi connectivity index (χ0v) is 7.36. The van der Waals surface area contributed by atoms with E-state index in [4.69, 9.17) is 0 Å². The molecule has 0 radical (unpaired) electrons. The molecule has 3 aromatic rings. The summed E-state index contributed by atoms with van der Waals surface area (Å²) >= 11 is 0. The highest BCUT2D eigenvalue weighted by molar-refractivity contribution is 5.95. The lowest BCUT2D eigenvalue weighted by Gasteiger charge is -1.96. The lowest BCUT2D eigenvalue weighted by atomic mass is 10.2. The van der Waals surface area contributed by atoms with Gasteiger partial charge in [-0.3, -0.25) is 0 Å². The molecular weight excluding hydrogens is 176 g/mol. The van der Waals surface area contributed by atoms with Crippen LogP contribution in [0.3, 0.4) is 0 Å². The minimum atomic E-state index is 0.179. The fraction of sp³-hybridized carbons (Fsp3) is 0. The third kappa shape index (κ3) is 0.893. The zero-order chi connectivity index (χ0) is 9.54. The number of fused-ring (bicyclic) bond motifs is 2. The first-order chi connectivity index (χ1) is 6.84. The summed E-state index contributed by atoms with van der Waals surface area (Å²) in [6.45, 7) is 0. The number of hydrogen-bond acceptors (Lipinski definition) is 2. The van der Waals surface area contributed by atoms with E-state index in [0.717, 1.165) is 21.8 Å². The topological polar surface area (TPSA) is 48.9 Å². The number of hydrogen-bond donors (Lipinski definition) is 2. The van der Waals surface area contributed by atoms with Crippen LogP contribution in [0.25, 0.3) is 21.8 Å². The summed E-state index contributed by atoms with van der Waals surface area (Å²) < 4.78 is 0. The molecule has 0 saturated carbocycles. The van der Waals surface area contributed by atoms with Gasteiger partial charge in [0.2, 0.25) is 0 Å². The van der Waals surface area contributed by atoms with Crippen LogP contribution in [0.15, 0.2) is 36.5 Å². The molecule has 2 heterocycles. The molecule has 0 aliphatic carbocycles. The van der Waals surface area contributed by atoms with E-state index >= 15 is 0 Å². The Labute approximate surface area is 80.0 Å². The molecule has 0 bridgehead atoms. The van der Waals surface area contributed by atoms with Gasteiger partial charge in [0, 0.05) is 11.6 Å². The molecule has 0 aliphatic heterocycles. The van der Waals surface area contributed by atoms with Crippen molar-refractivity contribution in [1.82, 2.24) is 9.97 Å². The third-order valence-electron chi connectivity index (χ3n) is 2.35. The number of para-hydroxylation sites is 1. The predicted octanol–water partition coefficient (Wildman–Crippen LogP) is 2.42. The van der Waals surface area contributed by atoms with Crippen molar-refractivity contribution in [3.63, 3.8) is 0 Å². The minimum absolute atomic E-state index is 0.179. The number of pyridine rings is 1. The standard InChI is InChI=1S/C11H8N2O/c14-11-8-5-7-3-1-2-4-9(7)13-10(8)6-12-11/h1-6,12,14H. The van der Waals surface area contributed by atoms with Crippen LogP contribution in [-0.4, -0.2) is 15.1 Å². The summed E-state index contributed by atoms with van der Waals surface area (Å²) in [6.07, 6.45) is 1.71. The van der Waals surface area contributed by atoms with Crippen molar-refractivity contribution in [1.29, 1.82) is 0 Å². The smallest absolute Gasteiger partial charge is 0.198 e. The summed E-state index contributed by atoms with van der Waals surface area (Å²) in [7, 11) is 0. The Morgan fingerprint density at radius 1 is 1.14 bits per heavy atom. The lowest BCUT2D eigenvalue weighted by Crippen LogP contribution is -1.77. The summed E-state index contributed by atoms with van der Waals surface area (Å²) in [5, 5.41) is 11.3. The van der Waals surface area contributed by atoms with Gasteiger partial charge in [0.15, 0.2) is 5.88 Å². The van der Waals surface area contributed by atoms with Crippen molar-refractivity contribution in [3.05, 3.63) is 36.5 Å². The molecule has 3 heteroatoms. The van der Waals surface area contributed by atoms with Crippen LogP contribution in [0.1, 0.15) is 0 Å². The van der Waals surface area contributed by atoms with Crippen LogP contribution in [0.2, 0.25) is 0 Å². The molecule has 3 nitrogen and oxygen atoms in total. The van der Waals surface area contributed by atoms with Gasteiger partial charge in [0.25, 0.3) is 0 Å². The van der Waals surface area contributed by atoms with Crippen molar-refractivity contribution < 1.29 is 5.11 Å². The van der Waals surface area contributed by atoms with Crippen molar-refractivity contribution in [3.8, 4) is 5.88 Å². The van der Waals surface area contributed by atoms with Crippen LogP contribution in [0.4, 0.5) is 0 Å². The maximum absolute atomic E-state index is 9.48. The van der Waals surface area contributed by atoms with Gasteiger partial charge in [-0.05, 0) is 12.1 Å². The molecule has 0 saturated heterocycles. The molecule has 14 heavy (non-hydrogen) atoms. The van der Waals surface area contributed by atoms with Gasteiger partial charge in [-0.25, -0.2) is 4.98 Å². The van der Waals surface area contributed by atoms with Crippen molar-refractivity contribution in [2.45, 2.75) is 0 Å². The van der Waals surface area contributed by atoms with Gasteiger partial charge in [-0.1, -0.05) is 18.2 Å². The summed E-state index contributed by atoms with van der Waals surface area (Å²) in [5.41, 5.74) is 1.74. The molecule has 3 rings (SSSR count). The summed E-state index contributed by atoms with van der Waals surface area (Å²) in [4.78, 5) is 7.15. The van der Waals surface area contributed by atoms with Crippen molar-refractivity contribution >= 4 is 21.8 Å². The first-order valence-electron chi connectivity index (χ1n) is 4.40. The Balaban J connectivity index is 2.54. The number of benzene rings is 1. The highest BCUT2D eigenvalue weighted by Gasteiger charge is 2.04. The Kier molecular flexibility index (Phi) is 1.31. The van der Waals surface area contributed by atoms with E-state index < -0.39 is 0 Å². The number of aromatic nitrogens is 2. The monoisotopic (exact) mass is 184 g/mol. The van der Waals surface area contributed by atoms with Gasteiger partial charge >= 0.3 is 0 Å². The molecule has 0 spiro atoms. The molecule has 68 valence electrons. The molecule has 0 unspecified atom stereocenters. The second-order valence-electron chi connectivity index (χ2n) is 3.25. The van der Waals surface area contributed by atoms with E-state index in [2.05, 4.69) is 9.97 Å². The largest absolute Gasteiger partial charge is 0.494 e. The third-order valence-corrected chi connectivity index (χ3v) is 2.35. The first-order valence-corrected chi connectivity index (χ1v) is 4.40. The van der Waals surface area contributed by atoms with E-state index in [1.807, 2.05) is 30.3 Å². The number of H-pyrrole nitrogens is 1. The van der Waals surface area contributed by atoms with Crippen LogP contribution >= 0.6 is 0 Å². The lowest BCUT2D eigenvalue weighted by molar-refractivity contribution is 0.462. The van der Waals surface area contributed by atoms with E-state index in [1.165, 1.54) is 0 Å². The molecule has 2 N–H and O–H groups in total. The van der Waals surface area contributed by atoms with E-state index in [-0.39, 0.29) is 5.88 Å². The molecule has 2 aromatic heterocycles. The molecule has 0 aliphatic rings. The van der Waals surface area contributed by atoms with Gasteiger partial charge in [0.05, 0.1) is 16.4 Å². The highest BCUT2D eigenvalue weighted by atomic mass is 16.3. The van der Waals surface area contributed by atoms with Crippen molar-refractivity contribution in [2.24, 2.45) is 0 Å². The Morgan fingerprint density at radius 3 is 2.93 bits per heavy atom. The zero-order valence-electron chi connectivity index (χ0n) is 7.36. The molecule has 0 atom stereocenters.